The predicted molar refractivity (Wildman–Crippen MR) is 49.6 cm³/mol. The Hall–Kier alpha value is -1.69. The molecule has 0 aliphatic heterocycles. The largest absolute Gasteiger partial charge is 0.380 e. The van der Waals surface area contributed by atoms with Gasteiger partial charge in [0, 0.05) is 12.4 Å². The second-order valence-corrected chi connectivity index (χ2v) is 2.47. The molecule has 1 aromatic rings. The third-order valence-corrected chi connectivity index (χ3v) is 1.43. The molecule has 6 nitrogen and oxygen atoms in total. The zero-order chi connectivity index (χ0) is 10.4. The summed E-state index contributed by atoms with van der Waals surface area (Å²) in [5, 5.41) is 3.35. The van der Waals surface area contributed by atoms with Crippen LogP contribution in [-0.2, 0) is 9.63 Å². The number of nitrogens with two attached hydrogens (primary N) is 1. The SMILES string of the molecule is N/C(=N/OC(=O)CCl)c1cncnc1. The summed E-state index contributed by atoms with van der Waals surface area (Å²) in [4.78, 5) is 22.4. The Morgan fingerprint density at radius 3 is 2.79 bits per heavy atom. The molecule has 0 spiro atoms. The molecular weight excluding hydrogens is 208 g/mol. The monoisotopic (exact) mass is 214 g/mol. The van der Waals surface area contributed by atoms with Crippen LogP contribution in [-0.4, -0.2) is 27.7 Å². The molecule has 1 heterocycles. The summed E-state index contributed by atoms with van der Waals surface area (Å²) in [5.74, 6) is -0.933. The maximum Gasteiger partial charge on any atom is 0.349 e. The third kappa shape index (κ3) is 2.98. The van der Waals surface area contributed by atoms with Crippen LogP contribution < -0.4 is 5.73 Å². The van der Waals surface area contributed by atoms with E-state index in [1.807, 2.05) is 0 Å². The maximum atomic E-state index is 10.6. The van der Waals surface area contributed by atoms with Crippen molar-refractivity contribution in [1.82, 2.24) is 9.97 Å². The molecule has 0 unspecified atom stereocenters. The smallest absolute Gasteiger partial charge is 0.349 e. The van der Waals surface area contributed by atoms with Gasteiger partial charge in [-0.15, -0.1) is 11.6 Å². The van der Waals surface area contributed by atoms with Crippen LogP contribution in [0.4, 0.5) is 0 Å². The molecule has 0 aliphatic carbocycles. The van der Waals surface area contributed by atoms with Crippen LogP contribution in [0.1, 0.15) is 5.56 Å². The molecule has 0 aromatic carbocycles. The van der Waals surface area contributed by atoms with E-state index in [1.54, 1.807) is 0 Å². The summed E-state index contributed by atoms with van der Waals surface area (Å²) in [6, 6.07) is 0. The molecule has 0 atom stereocenters. The number of aromatic nitrogens is 2. The van der Waals surface area contributed by atoms with Gasteiger partial charge in [-0.25, -0.2) is 14.8 Å². The first-order valence-electron chi connectivity index (χ1n) is 3.58. The predicted octanol–water partition coefficient (Wildman–Crippen LogP) is -0.121. The molecule has 0 amide bonds. The minimum absolute atomic E-state index is 0.0177. The van der Waals surface area contributed by atoms with Crippen molar-refractivity contribution in [2.24, 2.45) is 10.9 Å². The van der Waals surface area contributed by atoms with Crippen LogP contribution in [0.3, 0.4) is 0 Å². The highest BCUT2D eigenvalue weighted by atomic mass is 35.5. The Bertz CT molecular complexity index is 341. The zero-order valence-electron chi connectivity index (χ0n) is 7.05. The summed E-state index contributed by atoms with van der Waals surface area (Å²) >= 11 is 5.17. The highest BCUT2D eigenvalue weighted by Crippen LogP contribution is 1.93. The van der Waals surface area contributed by atoms with Crippen molar-refractivity contribution < 1.29 is 9.63 Å². The van der Waals surface area contributed by atoms with Crippen LogP contribution in [0.25, 0.3) is 0 Å². The maximum absolute atomic E-state index is 10.6. The Labute approximate surface area is 84.7 Å². The summed E-state index contributed by atoms with van der Waals surface area (Å²) < 4.78 is 0. The lowest BCUT2D eigenvalue weighted by atomic mass is 10.3. The topological polar surface area (TPSA) is 90.5 Å². The van der Waals surface area contributed by atoms with Gasteiger partial charge < -0.3 is 10.6 Å². The van der Waals surface area contributed by atoms with Crippen molar-refractivity contribution in [3.63, 3.8) is 0 Å². The number of rotatable bonds is 3. The van der Waals surface area contributed by atoms with Crippen molar-refractivity contribution in [2.45, 2.75) is 0 Å². The molecule has 0 aliphatic rings. The molecule has 1 rings (SSSR count). The van der Waals surface area contributed by atoms with Gasteiger partial charge in [0.2, 0.25) is 0 Å². The van der Waals surface area contributed by atoms with E-state index in [-0.39, 0.29) is 11.7 Å². The highest BCUT2D eigenvalue weighted by Gasteiger charge is 2.02. The van der Waals surface area contributed by atoms with Crippen molar-refractivity contribution in [1.29, 1.82) is 0 Å². The van der Waals surface area contributed by atoms with Gasteiger partial charge in [-0.3, -0.25) is 0 Å². The number of hydrogen-bond acceptors (Lipinski definition) is 5. The molecule has 7 heteroatoms. The zero-order valence-corrected chi connectivity index (χ0v) is 7.81. The average Bonchev–Trinajstić information content (AvgIpc) is 2.26. The average molecular weight is 215 g/mol. The van der Waals surface area contributed by atoms with Gasteiger partial charge in [0.1, 0.15) is 12.2 Å². The third-order valence-electron chi connectivity index (χ3n) is 1.21. The van der Waals surface area contributed by atoms with E-state index in [0.717, 1.165) is 0 Å². The number of alkyl halides is 1. The molecule has 2 N–H and O–H groups in total. The van der Waals surface area contributed by atoms with E-state index in [4.69, 9.17) is 17.3 Å². The quantitative estimate of drug-likeness (QED) is 0.249. The Morgan fingerprint density at radius 1 is 1.57 bits per heavy atom. The lowest BCUT2D eigenvalue weighted by molar-refractivity contribution is -0.140. The van der Waals surface area contributed by atoms with E-state index < -0.39 is 5.97 Å². The van der Waals surface area contributed by atoms with Crippen LogP contribution in [0.2, 0.25) is 0 Å². The van der Waals surface area contributed by atoms with E-state index >= 15 is 0 Å². The fraction of sp³-hybridized carbons (Fsp3) is 0.143. The van der Waals surface area contributed by atoms with Gasteiger partial charge in [-0.05, 0) is 0 Å². The van der Waals surface area contributed by atoms with E-state index in [2.05, 4.69) is 20.0 Å². The molecule has 74 valence electrons. The highest BCUT2D eigenvalue weighted by molar-refractivity contribution is 6.26. The normalized spacial score (nSPS) is 11.1. The number of halogens is 1. The Kier molecular flexibility index (Phi) is 3.81. The summed E-state index contributed by atoms with van der Waals surface area (Å²) in [7, 11) is 0. The molecule has 0 fully saturated rings. The van der Waals surface area contributed by atoms with Crippen LogP contribution in [0.5, 0.6) is 0 Å². The standard InChI is InChI=1S/C7H7ClN4O2/c8-1-6(13)14-12-7(9)5-2-10-4-11-3-5/h2-4H,1H2,(H2,9,12). The first-order valence-corrected chi connectivity index (χ1v) is 4.12. The van der Waals surface area contributed by atoms with Crippen LogP contribution in [0.15, 0.2) is 23.9 Å². The first-order chi connectivity index (χ1) is 6.74. The van der Waals surface area contributed by atoms with Crippen molar-refractivity contribution in [2.75, 3.05) is 5.88 Å². The minimum Gasteiger partial charge on any atom is -0.380 e. The lowest BCUT2D eigenvalue weighted by Gasteiger charge is -1.97. The number of nitrogens with zero attached hydrogens (tertiary/aromatic N) is 3. The number of hydrogen-bond donors (Lipinski definition) is 1. The van der Waals surface area contributed by atoms with Gasteiger partial charge in [0.05, 0.1) is 5.56 Å². The van der Waals surface area contributed by atoms with E-state index in [9.17, 15) is 4.79 Å². The fourth-order valence-corrected chi connectivity index (χ4v) is 0.657. The van der Waals surface area contributed by atoms with Crippen molar-refractivity contribution in [3.05, 3.63) is 24.3 Å². The van der Waals surface area contributed by atoms with E-state index in [0.29, 0.717) is 5.56 Å². The number of oxime groups is 1. The number of carbonyl (C=O) groups excluding carboxylic acids is 1. The molecule has 0 radical (unpaired) electrons. The molecule has 0 bridgehead atoms. The second-order valence-electron chi connectivity index (χ2n) is 2.20. The molecular formula is C7H7ClN4O2. The summed E-state index contributed by atoms with van der Waals surface area (Å²) in [6.45, 7) is 0. The van der Waals surface area contributed by atoms with Gasteiger partial charge in [-0.2, -0.15) is 0 Å². The van der Waals surface area contributed by atoms with Gasteiger partial charge in [0.25, 0.3) is 0 Å². The van der Waals surface area contributed by atoms with Crippen LogP contribution in [0, 0.1) is 0 Å². The Balaban J connectivity index is 2.66. The number of amidine groups is 1. The van der Waals surface area contributed by atoms with Crippen LogP contribution >= 0.6 is 11.6 Å². The van der Waals surface area contributed by atoms with Gasteiger partial charge in [0.15, 0.2) is 5.84 Å². The lowest BCUT2D eigenvalue weighted by Crippen LogP contribution is -2.16. The first kappa shape index (κ1) is 10.4. The van der Waals surface area contributed by atoms with Crippen molar-refractivity contribution >= 4 is 23.4 Å². The fourth-order valence-electron chi connectivity index (χ4n) is 0.609. The Morgan fingerprint density at radius 2 is 2.21 bits per heavy atom. The molecule has 1 aromatic heterocycles. The number of carbonyl (C=O) groups is 1. The molecule has 14 heavy (non-hydrogen) atoms. The van der Waals surface area contributed by atoms with Gasteiger partial charge in [-0.1, -0.05) is 5.16 Å². The molecule has 0 saturated heterocycles. The summed E-state index contributed by atoms with van der Waals surface area (Å²) in [6.07, 6.45) is 4.24. The van der Waals surface area contributed by atoms with E-state index in [1.165, 1.54) is 18.7 Å². The second kappa shape index (κ2) is 5.13. The summed E-state index contributed by atoms with van der Waals surface area (Å²) in [5.41, 5.74) is 5.92. The molecule has 0 saturated carbocycles. The minimum atomic E-state index is -0.675. The van der Waals surface area contributed by atoms with Crippen molar-refractivity contribution in [3.8, 4) is 0 Å². The van der Waals surface area contributed by atoms with Gasteiger partial charge >= 0.3 is 5.97 Å².